The van der Waals surface area contributed by atoms with E-state index in [1.54, 1.807) is 12.1 Å². The van der Waals surface area contributed by atoms with Gasteiger partial charge in [0, 0.05) is 37.9 Å². The van der Waals surface area contributed by atoms with Gasteiger partial charge in [-0.15, -0.1) is 0 Å². The lowest BCUT2D eigenvalue weighted by atomic mass is 10.2. The van der Waals surface area contributed by atoms with Gasteiger partial charge in [0.2, 0.25) is 5.91 Å². The largest absolute Gasteiger partial charge is 0.493 e. The SMILES string of the molecule is Nc1ccc(OCCC(=O)N2CCN(C3CC3)CC2)cc1. The lowest BCUT2D eigenvalue weighted by molar-refractivity contribution is -0.133. The molecule has 1 aromatic carbocycles. The van der Waals surface area contributed by atoms with Crippen molar-refractivity contribution in [1.29, 1.82) is 0 Å². The second-order valence-corrected chi connectivity index (χ2v) is 5.82. The van der Waals surface area contributed by atoms with E-state index in [1.807, 2.05) is 17.0 Å². The second kappa shape index (κ2) is 6.35. The molecule has 0 bridgehead atoms. The molecule has 1 heterocycles. The topological polar surface area (TPSA) is 58.8 Å². The highest BCUT2D eigenvalue weighted by molar-refractivity contribution is 5.76. The minimum atomic E-state index is 0.195. The van der Waals surface area contributed by atoms with Crippen molar-refractivity contribution in [3.63, 3.8) is 0 Å². The Balaban J connectivity index is 1.37. The summed E-state index contributed by atoms with van der Waals surface area (Å²) in [7, 11) is 0. The minimum absolute atomic E-state index is 0.195. The van der Waals surface area contributed by atoms with Crippen LogP contribution in [0.25, 0.3) is 0 Å². The molecule has 114 valence electrons. The number of anilines is 1. The molecule has 1 saturated carbocycles. The predicted molar refractivity (Wildman–Crippen MR) is 82.1 cm³/mol. The van der Waals surface area contributed by atoms with E-state index < -0.39 is 0 Å². The predicted octanol–water partition coefficient (Wildman–Crippen LogP) is 1.34. The number of rotatable bonds is 5. The van der Waals surface area contributed by atoms with E-state index in [-0.39, 0.29) is 5.91 Å². The fraction of sp³-hybridized carbons (Fsp3) is 0.562. The van der Waals surface area contributed by atoms with Crippen LogP contribution >= 0.6 is 0 Å². The molecular formula is C16H23N3O2. The molecule has 1 aliphatic heterocycles. The number of nitrogen functional groups attached to an aromatic ring is 1. The first-order chi connectivity index (χ1) is 10.2. The summed E-state index contributed by atoms with van der Waals surface area (Å²) in [5.74, 6) is 0.955. The van der Waals surface area contributed by atoms with E-state index >= 15 is 0 Å². The molecule has 21 heavy (non-hydrogen) atoms. The molecule has 1 aromatic rings. The Morgan fingerprint density at radius 3 is 2.43 bits per heavy atom. The first-order valence-corrected chi connectivity index (χ1v) is 7.72. The number of hydrogen-bond donors (Lipinski definition) is 1. The number of hydrogen-bond acceptors (Lipinski definition) is 4. The molecule has 0 atom stereocenters. The zero-order valence-electron chi connectivity index (χ0n) is 12.3. The van der Waals surface area contributed by atoms with Gasteiger partial charge in [0.15, 0.2) is 0 Å². The van der Waals surface area contributed by atoms with Gasteiger partial charge < -0.3 is 15.4 Å². The van der Waals surface area contributed by atoms with Crippen LogP contribution in [-0.4, -0.2) is 54.5 Å². The Labute approximate surface area is 125 Å². The number of carbonyl (C=O) groups is 1. The highest BCUT2D eigenvalue weighted by Crippen LogP contribution is 2.27. The molecule has 2 fully saturated rings. The summed E-state index contributed by atoms with van der Waals surface area (Å²) >= 11 is 0. The summed E-state index contributed by atoms with van der Waals surface area (Å²) in [6.07, 6.45) is 3.11. The van der Waals surface area contributed by atoms with E-state index in [4.69, 9.17) is 10.5 Å². The quantitative estimate of drug-likeness (QED) is 0.831. The van der Waals surface area contributed by atoms with Crippen molar-refractivity contribution >= 4 is 11.6 Å². The Morgan fingerprint density at radius 1 is 1.14 bits per heavy atom. The maximum Gasteiger partial charge on any atom is 0.226 e. The van der Waals surface area contributed by atoms with Crippen LogP contribution in [0, 0.1) is 0 Å². The van der Waals surface area contributed by atoms with Gasteiger partial charge in [0.25, 0.3) is 0 Å². The number of piperazine rings is 1. The summed E-state index contributed by atoms with van der Waals surface area (Å²) in [5.41, 5.74) is 6.33. The van der Waals surface area contributed by atoms with Crippen LogP contribution in [0.2, 0.25) is 0 Å². The Hall–Kier alpha value is -1.75. The monoisotopic (exact) mass is 289 g/mol. The Kier molecular flexibility index (Phi) is 4.29. The van der Waals surface area contributed by atoms with Crippen molar-refractivity contribution < 1.29 is 9.53 Å². The molecule has 1 saturated heterocycles. The van der Waals surface area contributed by atoms with E-state index in [9.17, 15) is 4.79 Å². The third-order valence-electron chi connectivity index (χ3n) is 4.19. The second-order valence-electron chi connectivity index (χ2n) is 5.82. The normalized spacial score (nSPS) is 19.5. The van der Waals surface area contributed by atoms with Crippen LogP contribution in [0.1, 0.15) is 19.3 Å². The zero-order valence-corrected chi connectivity index (χ0v) is 12.3. The first-order valence-electron chi connectivity index (χ1n) is 7.72. The molecule has 0 spiro atoms. The van der Waals surface area contributed by atoms with Gasteiger partial charge in [-0.25, -0.2) is 0 Å². The van der Waals surface area contributed by atoms with Crippen LogP contribution in [0.3, 0.4) is 0 Å². The van der Waals surface area contributed by atoms with Gasteiger partial charge in [0.05, 0.1) is 13.0 Å². The van der Waals surface area contributed by atoms with Crippen LogP contribution < -0.4 is 10.5 Å². The number of ether oxygens (including phenoxy) is 1. The van der Waals surface area contributed by atoms with Gasteiger partial charge >= 0.3 is 0 Å². The number of nitrogens with zero attached hydrogens (tertiary/aromatic N) is 2. The Morgan fingerprint density at radius 2 is 1.81 bits per heavy atom. The van der Waals surface area contributed by atoms with Crippen LogP contribution in [-0.2, 0) is 4.79 Å². The summed E-state index contributed by atoms with van der Waals surface area (Å²) in [6.45, 7) is 4.18. The molecule has 5 heteroatoms. The highest BCUT2D eigenvalue weighted by atomic mass is 16.5. The zero-order chi connectivity index (χ0) is 14.7. The summed E-state index contributed by atoms with van der Waals surface area (Å²) < 4.78 is 5.58. The molecule has 0 radical (unpaired) electrons. The number of benzene rings is 1. The molecule has 1 amide bonds. The molecule has 1 aliphatic carbocycles. The fourth-order valence-electron chi connectivity index (χ4n) is 2.75. The summed E-state index contributed by atoms with van der Waals surface area (Å²) in [5, 5.41) is 0. The van der Waals surface area contributed by atoms with Crippen LogP contribution in [0.4, 0.5) is 5.69 Å². The van der Waals surface area contributed by atoms with Crippen LogP contribution in [0.5, 0.6) is 5.75 Å². The van der Waals surface area contributed by atoms with Crippen molar-refractivity contribution in [1.82, 2.24) is 9.80 Å². The lowest BCUT2D eigenvalue weighted by Crippen LogP contribution is -2.49. The third kappa shape index (κ3) is 3.88. The average molecular weight is 289 g/mol. The van der Waals surface area contributed by atoms with Crippen molar-refractivity contribution in [2.24, 2.45) is 0 Å². The number of nitrogens with two attached hydrogens (primary N) is 1. The maximum absolute atomic E-state index is 12.1. The third-order valence-corrected chi connectivity index (χ3v) is 4.19. The Bertz CT molecular complexity index is 477. The average Bonchev–Trinajstić information content (AvgIpc) is 3.34. The van der Waals surface area contributed by atoms with E-state index in [0.717, 1.165) is 38.0 Å². The van der Waals surface area contributed by atoms with E-state index in [0.29, 0.717) is 18.7 Å². The number of amides is 1. The minimum Gasteiger partial charge on any atom is -0.493 e. The number of carbonyl (C=O) groups excluding carboxylic acids is 1. The molecule has 0 aromatic heterocycles. The first kappa shape index (κ1) is 14.2. The lowest BCUT2D eigenvalue weighted by Gasteiger charge is -2.34. The van der Waals surface area contributed by atoms with Gasteiger partial charge in [-0.1, -0.05) is 0 Å². The fourth-order valence-corrected chi connectivity index (χ4v) is 2.75. The molecular weight excluding hydrogens is 266 g/mol. The van der Waals surface area contributed by atoms with Crippen molar-refractivity contribution in [2.75, 3.05) is 38.5 Å². The summed E-state index contributed by atoms with van der Waals surface area (Å²) in [4.78, 5) is 16.6. The van der Waals surface area contributed by atoms with E-state index in [1.165, 1.54) is 12.8 Å². The molecule has 2 N–H and O–H groups in total. The standard InChI is InChI=1S/C16H23N3O2/c17-13-1-5-15(6-2-13)21-12-7-16(20)19-10-8-18(9-11-19)14-3-4-14/h1-2,5-6,14H,3-4,7-12,17H2. The van der Waals surface area contributed by atoms with Gasteiger partial charge in [-0.3, -0.25) is 9.69 Å². The molecule has 0 unspecified atom stereocenters. The molecule has 5 nitrogen and oxygen atoms in total. The molecule has 3 rings (SSSR count). The molecule has 2 aliphatic rings. The van der Waals surface area contributed by atoms with Crippen molar-refractivity contribution in [3.05, 3.63) is 24.3 Å². The van der Waals surface area contributed by atoms with Gasteiger partial charge in [-0.05, 0) is 37.1 Å². The van der Waals surface area contributed by atoms with Crippen molar-refractivity contribution in [3.8, 4) is 5.75 Å². The van der Waals surface area contributed by atoms with E-state index in [2.05, 4.69) is 4.90 Å². The summed E-state index contributed by atoms with van der Waals surface area (Å²) in [6, 6.07) is 8.06. The van der Waals surface area contributed by atoms with Crippen LogP contribution in [0.15, 0.2) is 24.3 Å². The highest BCUT2D eigenvalue weighted by Gasteiger charge is 2.32. The maximum atomic E-state index is 12.1. The van der Waals surface area contributed by atoms with Gasteiger partial charge in [0.1, 0.15) is 5.75 Å². The smallest absolute Gasteiger partial charge is 0.226 e. The van der Waals surface area contributed by atoms with Gasteiger partial charge in [-0.2, -0.15) is 0 Å². The van der Waals surface area contributed by atoms with Crippen molar-refractivity contribution in [2.45, 2.75) is 25.3 Å².